The molecule has 2 N–H and O–H groups in total. The fraction of sp³-hybridized carbons (Fsp3) is 0.174. The molecule has 0 spiro atoms. The zero-order valence-electron chi connectivity index (χ0n) is 17.7. The van der Waals surface area contributed by atoms with E-state index in [4.69, 9.17) is 0 Å². The van der Waals surface area contributed by atoms with Crippen LogP contribution in [0.1, 0.15) is 13.3 Å². The van der Waals surface area contributed by atoms with Gasteiger partial charge in [0.2, 0.25) is 0 Å². The van der Waals surface area contributed by atoms with Crippen LogP contribution in [-0.4, -0.2) is 34.9 Å². The van der Waals surface area contributed by atoms with E-state index in [0.29, 0.717) is 23.4 Å². The standard InChI is InChI=1S/C23H24N2O5S2/c1-3-14-32(29,30)20-12-13-21(17-8-5-4-6-9-17)22(16-20)25-23(26)24-18-10-7-11-19(15-18)31(2,27)28/h4-13,15-16H,3,14H2,1-2H3,(H2,24,25,26). The molecular weight excluding hydrogens is 448 g/mol. The number of hydrogen-bond donors (Lipinski definition) is 2. The molecule has 0 saturated carbocycles. The van der Waals surface area contributed by atoms with Crippen LogP contribution in [-0.2, 0) is 19.7 Å². The van der Waals surface area contributed by atoms with E-state index in [1.807, 2.05) is 30.3 Å². The summed E-state index contributed by atoms with van der Waals surface area (Å²) in [5, 5.41) is 5.31. The first-order valence-corrected chi connectivity index (χ1v) is 13.4. The van der Waals surface area contributed by atoms with Gasteiger partial charge >= 0.3 is 6.03 Å². The Labute approximate surface area is 188 Å². The van der Waals surface area contributed by atoms with Crippen molar-refractivity contribution in [1.29, 1.82) is 0 Å². The molecule has 32 heavy (non-hydrogen) atoms. The predicted octanol–water partition coefficient (Wildman–Crippen LogP) is 4.58. The topological polar surface area (TPSA) is 109 Å². The molecule has 0 aromatic heterocycles. The van der Waals surface area contributed by atoms with Crippen molar-refractivity contribution in [3.63, 3.8) is 0 Å². The first-order chi connectivity index (χ1) is 15.1. The molecule has 2 amide bonds. The van der Waals surface area contributed by atoms with E-state index in [-0.39, 0.29) is 15.5 Å². The van der Waals surface area contributed by atoms with Gasteiger partial charge in [-0.15, -0.1) is 0 Å². The van der Waals surface area contributed by atoms with Crippen molar-refractivity contribution >= 4 is 37.1 Å². The number of hydrogen-bond acceptors (Lipinski definition) is 5. The molecule has 9 heteroatoms. The van der Waals surface area contributed by atoms with Crippen molar-refractivity contribution in [3.8, 4) is 11.1 Å². The minimum Gasteiger partial charge on any atom is -0.308 e. The molecule has 0 saturated heterocycles. The second-order valence-corrected chi connectivity index (χ2v) is 11.4. The van der Waals surface area contributed by atoms with Crippen molar-refractivity contribution in [1.82, 2.24) is 0 Å². The normalized spacial score (nSPS) is 11.7. The third-order valence-electron chi connectivity index (χ3n) is 4.68. The van der Waals surface area contributed by atoms with Gasteiger partial charge in [0.1, 0.15) is 0 Å². The summed E-state index contributed by atoms with van der Waals surface area (Å²) >= 11 is 0. The molecule has 0 bridgehead atoms. The lowest BCUT2D eigenvalue weighted by Crippen LogP contribution is -2.20. The van der Waals surface area contributed by atoms with Gasteiger partial charge in [-0.2, -0.15) is 0 Å². The molecule has 0 aliphatic carbocycles. The fourth-order valence-corrected chi connectivity index (χ4v) is 5.18. The lowest BCUT2D eigenvalue weighted by atomic mass is 10.0. The number of carbonyl (C=O) groups excluding carboxylic acids is 1. The summed E-state index contributed by atoms with van der Waals surface area (Å²) in [6, 6.07) is 19.2. The Hall–Kier alpha value is -3.17. The fourth-order valence-electron chi connectivity index (χ4n) is 3.17. The predicted molar refractivity (Wildman–Crippen MR) is 126 cm³/mol. The minimum absolute atomic E-state index is 0.00159. The number of rotatable bonds is 7. The van der Waals surface area contributed by atoms with Crippen molar-refractivity contribution < 1.29 is 21.6 Å². The number of amides is 2. The molecule has 3 rings (SSSR count). The maximum absolute atomic E-state index is 12.7. The van der Waals surface area contributed by atoms with Crippen LogP contribution in [0.4, 0.5) is 16.2 Å². The number of sulfone groups is 2. The lowest BCUT2D eigenvalue weighted by Gasteiger charge is -2.15. The highest BCUT2D eigenvalue weighted by atomic mass is 32.2. The summed E-state index contributed by atoms with van der Waals surface area (Å²) in [5.41, 5.74) is 2.08. The summed E-state index contributed by atoms with van der Waals surface area (Å²) in [7, 11) is -6.92. The van der Waals surface area contributed by atoms with E-state index in [1.54, 1.807) is 19.1 Å². The van der Waals surface area contributed by atoms with Crippen LogP contribution in [0.5, 0.6) is 0 Å². The van der Waals surface area contributed by atoms with Gasteiger partial charge in [0.05, 0.1) is 21.2 Å². The first kappa shape index (κ1) is 23.5. The van der Waals surface area contributed by atoms with Crippen molar-refractivity contribution in [2.45, 2.75) is 23.1 Å². The van der Waals surface area contributed by atoms with Crippen molar-refractivity contribution in [2.24, 2.45) is 0 Å². The highest BCUT2D eigenvalue weighted by Gasteiger charge is 2.17. The van der Waals surface area contributed by atoms with Gasteiger partial charge in [0.15, 0.2) is 19.7 Å². The molecule has 0 aliphatic rings. The van der Waals surface area contributed by atoms with Crippen molar-refractivity contribution in [3.05, 3.63) is 72.8 Å². The Balaban J connectivity index is 1.95. The monoisotopic (exact) mass is 472 g/mol. The average molecular weight is 473 g/mol. The Bertz CT molecular complexity index is 1340. The van der Waals surface area contributed by atoms with Gasteiger partial charge in [0, 0.05) is 17.5 Å². The van der Waals surface area contributed by atoms with Gasteiger partial charge in [-0.3, -0.25) is 0 Å². The lowest BCUT2D eigenvalue weighted by molar-refractivity contribution is 0.262. The van der Waals surface area contributed by atoms with E-state index in [9.17, 15) is 21.6 Å². The SMILES string of the molecule is CCCS(=O)(=O)c1ccc(-c2ccccc2)c(NC(=O)Nc2cccc(S(C)(=O)=O)c2)c1. The Morgan fingerprint density at radius 2 is 1.53 bits per heavy atom. The average Bonchev–Trinajstić information content (AvgIpc) is 2.74. The molecule has 0 unspecified atom stereocenters. The van der Waals surface area contributed by atoms with E-state index in [2.05, 4.69) is 10.6 Å². The second kappa shape index (κ2) is 9.54. The van der Waals surface area contributed by atoms with Crippen LogP contribution >= 0.6 is 0 Å². The Morgan fingerprint density at radius 3 is 2.19 bits per heavy atom. The summed E-state index contributed by atoms with van der Waals surface area (Å²) in [6.07, 6.45) is 1.56. The van der Waals surface area contributed by atoms with Gasteiger partial charge in [-0.1, -0.05) is 49.4 Å². The molecule has 0 aliphatic heterocycles. The van der Waals surface area contributed by atoms with Gasteiger partial charge in [-0.25, -0.2) is 21.6 Å². The molecule has 0 atom stereocenters. The zero-order valence-corrected chi connectivity index (χ0v) is 19.3. The Morgan fingerprint density at radius 1 is 0.812 bits per heavy atom. The number of urea groups is 1. The summed E-state index contributed by atoms with van der Waals surface area (Å²) in [4.78, 5) is 12.9. The molecule has 7 nitrogen and oxygen atoms in total. The van der Waals surface area contributed by atoms with Crippen molar-refractivity contribution in [2.75, 3.05) is 22.6 Å². The minimum atomic E-state index is -3.49. The molecule has 3 aromatic carbocycles. The second-order valence-electron chi connectivity index (χ2n) is 7.27. The largest absolute Gasteiger partial charge is 0.323 e. The third-order valence-corrected chi connectivity index (χ3v) is 7.70. The van der Waals surface area contributed by atoms with E-state index >= 15 is 0 Å². The molecule has 168 valence electrons. The van der Waals surface area contributed by atoms with Crippen LogP contribution < -0.4 is 10.6 Å². The maximum Gasteiger partial charge on any atom is 0.323 e. The molecule has 0 fully saturated rings. The van der Waals surface area contributed by atoms with Crippen LogP contribution in [0.3, 0.4) is 0 Å². The van der Waals surface area contributed by atoms with Gasteiger partial charge in [0.25, 0.3) is 0 Å². The summed E-state index contributed by atoms with van der Waals surface area (Å²) in [5.74, 6) is 0.00159. The van der Waals surface area contributed by atoms with Crippen LogP contribution in [0, 0.1) is 0 Å². The third kappa shape index (κ3) is 5.74. The highest BCUT2D eigenvalue weighted by molar-refractivity contribution is 7.91. The van der Waals surface area contributed by atoms with E-state index < -0.39 is 25.7 Å². The maximum atomic E-state index is 12.7. The molecule has 3 aromatic rings. The smallest absolute Gasteiger partial charge is 0.308 e. The van der Waals surface area contributed by atoms with E-state index in [0.717, 1.165) is 11.8 Å². The number of anilines is 2. The summed E-state index contributed by atoms with van der Waals surface area (Å²) < 4.78 is 48.6. The molecular formula is C23H24N2O5S2. The zero-order chi connectivity index (χ0) is 23.4. The molecule has 0 radical (unpaired) electrons. The van der Waals surface area contributed by atoms with E-state index in [1.165, 1.54) is 30.3 Å². The number of carbonyl (C=O) groups is 1. The number of nitrogens with one attached hydrogen (secondary N) is 2. The van der Waals surface area contributed by atoms with Crippen LogP contribution in [0.15, 0.2) is 82.6 Å². The van der Waals surface area contributed by atoms with Gasteiger partial charge in [-0.05, 0) is 42.3 Å². The van der Waals surface area contributed by atoms with Crippen LogP contribution in [0.2, 0.25) is 0 Å². The molecule has 0 heterocycles. The highest BCUT2D eigenvalue weighted by Crippen LogP contribution is 2.31. The van der Waals surface area contributed by atoms with Gasteiger partial charge < -0.3 is 10.6 Å². The van der Waals surface area contributed by atoms with Crippen LogP contribution in [0.25, 0.3) is 11.1 Å². The first-order valence-electron chi connectivity index (χ1n) is 9.90. The Kier molecular flexibility index (Phi) is 7.00. The number of benzene rings is 3. The summed E-state index contributed by atoms with van der Waals surface area (Å²) in [6.45, 7) is 1.78. The quantitative estimate of drug-likeness (QED) is 0.523.